The van der Waals surface area contributed by atoms with Gasteiger partial charge in [0.1, 0.15) is 18.0 Å². The highest BCUT2D eigenvalue weighted by Crippen LogP contribution is 2.16. The van der Waals surface area contributed by atoms with E-state index in [1.165, 1.54) is 0 Å². The number of aromatic amines is 1. The lowest BCUT2D eigenvalue weighted by molar-refractivity contribution is 0.0948. The van der Waals surface area contributed by atoms with Crippen molar-refractivity contribution in [2.45, 2.75) is 0 Å². The maximum absolute atomic E-state index is 12.1. The fraction of sp³-hybridized carbons (Fsp3) is 0.125. The maximum Gasteiger partial charge on any atom is 0.253 e. The highest BCUT2D eigenvalue weighted by atomic mass is 35.5. The Morgan fingerprint density at radius 3 is 2.91 bits per heavy atom. The molecule has 3 rings (SSSR count). The van der Waals surface area contributed by atoms with E-state index in [1.807, 2.05) is 6.07 Å². The summed E-state index contributed by atoms with van der Waals surface area (Å²) in [6.07, 6.45) is 3.34. The number of nitrogens with one attached hydrogen (secondary N) is 2. The molecule has 2 aromatic heterocycles. The monoisotopic (exact) mass is 315 g/mol. The van der Waals surface area contributed by atoms with E-state index in [4.69, 9.17) is 16.3 Å². The lowest BCUT2D eigenvalue weighted by Crippen LogP contribution is -2.27. The summed E-state index contributed by atoms with van der Waals surface area (Å²) in [5, 5.41) is 4.29. The molecule has 1 aromatic carbocycles. The Kier molecular flexibility index (Phi) is 4.25. The molecule has 0 fully saturated rings. The summed E-state index contributed by atoms with van der Waals surface area (Å²) in [5.41, 5.74) is 1.28. The summed E-state index contributed by atoms with van der Waals surface area (Å²) in [4.78, 5) is 19.3. The molecule has 0 unspecified atom stereocenters. The fourth-order valence-corrected chi connectivity index (χ4v) is 2.23. The number of aromatic nitrogens is 2. The van der Waals surface area contributed by atoms with Crippen LogP contribution in [-0.2, 0) is 0 Å². The van der Waals surface area contributed by atoms with Crippen LogP contribution in [0, 0.1) is 0 Å². The van der Waals surface area contributed by atoms with Gasteiger partial charge in [0, 0.05) is 22.8 Å². The standard InChI is InChI=1S/C16H14ClN3O2/c17-11-3-5-12(6-4-11)22-9-8-19-16(21)14-10-20-15-13(14)2-1-7-18-15/h1-7,10H,8-9H2,(H,18,20)(H,19,21). The highest BCUT2D eigenvalue weighted by Gasteiger charge is 2.11. The molecule has 112 valence electrons. The zero-order valence-corrected chi connectivity index (χ0v) is 12.4. The van der Waals surface area contributed by atoms with Gasteiger partial charge in [0.15, 0.2) is 0 Å². The molecule has 6 heteroatoms. The summed E-state index contributed by atoms with van der Waals surface area (Å²) in [6, 6.07) is 10.8. The smallest absolute Gasteiger partial charge is 0.253 e. The van der Waals surface area contributed by atoms with Crippen molar-refractivity contribution >= 4 is 28.5 Å². The van der Waals surface area contributed by atoms with E-state index in [-0.39, 0.29) is 5.91 Å². The van der Waals surface area contributed by atoms with Crippen LogP contribution < -0.4 is 10.1 Å². The van der Waals surface area contributed by atoms with Crippen LogP contribution in [0.5, 0.6) is 5.75 Å². The van der Waals surface area contributed by atoms with Crippen LogP contribution in [0.25, 0.3) is 11.0 Å². The Labute approximate surface area is 132 Å². The molecule has 1 amide bonds. The lowest BCUT2D eigenvalue weighted by atomic mass is 10.2. The van der Waals surface area contributed by atoms with Gasteiger partial charge >= 0.3 is 0 Å². The third kappa shape index (κ3) is 3.20. The number of rotatable bonds is 5. The van der Waals surface area contributed by atoms with Gasteiger partial charge < -0.3 is 15.0 Å². The van der Waals surface area contributed by atoms with Gasteiger partial charge in [-0.3, -0.25) is 4.79 Å². The van der Waals surface area contributed by atoms with Crippen LogP contribution in [0.2, 0.25) is 5.02 Å². The van der Waals surface area contributed by atoms with E-state index in [0.717, 1.165) is 11.1 Å². The minimum absolute atomic E-state index is 0.154. The molecule has 0 radical (unpaired) electrons. The van der Waals surface area contributed by atoms with E-state index in [1.54, 1.807) is 42.7 Å². The number of nitrogens with zero attached hydrogens (tertiary/aromatic N) is 1. The van der Waals surface area contributed by atoms with Gasteiger partial charge in [-0.1, -0.05) is 11.6 Å². The van der Waals surface area contributed by atoms with E-state index in [0.29, 0.717) is 29.4 Å². The van der Waals surface area contributed by atoms with Crippen LogP contribution in [0.4, 0.5) is 0 Å². The molecule has 5 nitrogen and oxygen atoms in total. The molecule has 0 aliphatic rings. The Morgan fingerprint density at radius 2 is 2.09 bits per heavy atom. The van der Waals surface area contributed by atoms with Crippen LogP contribution in [0.15, 0.2) is 48.8 Å². The Hall–Kier alpha value is -2.53. The number of halogens is 1. The molecule has 2 N–H and O–H groups in total. The van der Waals surface area contributed by atoms with Crippen molar-refractivity contribution in [3.05, 3.63) is 59.4 Å². The quantitative estimate of drug-likeness (QED) is 0.711. The first kappa shape index (κ1) is 14.4. The number of carbonyl (C=O) groups is 1. The van der Waals surface area contributed by atoms with E-state index in [9.17, 15) is 4.79 Å². The molecule has 0 saturated carbocycles. The molecule has 0 spiro atoms. The Bertz CT molecular complexity index is 783. The predicted octanol–water partition coefficient (Wildman–Crippen LogP) is 3.03. The average molecular weight is 316 g/mol. The van der Waals surface area contributed by atoms with Crippen LogP contribution in [-0.4, -0.2) is 29.0 Å². The fourth-order valence-electron chi connectivity index (χ4n) is 2.10. The number of hydrogen-bond donors (Lipinski definition) is 2. The van der Waals surface area contributed by atoms with Crippen molar-refractivity contribution in [1.29, 1.82) is 0 Å². The number of amides is 1. The summed E-state index contributed by atoms with van der Waals surface area (Å²) < 4.78 is 5.52. The summed E-state index contributed by atoms with van der Waals surface area (Å²) in [6.45, 7) is 0.794. The van der Waals surface area contributed by atoms with Crippen LogP contribution in [0.1, 0.15) is 10.4 Å². The SMILES string of the molecule is O=C(NCCOc1ccc(Cl)cc1)c1c[nH]c2ncccc12. The number of H-pyrrole nitrogens is 1. The molecule has 0 atom stereocenters. The molecule has 2 heterocycles. The van der Waals surface area contributed by atoms with Crippen molar-refractivity contribution in [1.82, 2.24) is 15.3 Å². The molecule has 22 heavy (non-hydrogen) atoms. The zero-order chi connectivity index (χ0) is 15.4. The van der Waals surface area contributed by atoms with Crippen molar-refractivity contribution < 1.29 is 9.53 Å². The second-order valence-electron chi connectivity index (χ2n) is 4.66. The van der Waals surface area contributed by atoms with Gasteiger partial charge in [-0.2, -0.15) is 0 Å². The molecule has 0 aliphatic carbocycles. The molecule has 0 saturated heterocycles. The normalized spacial score (nSPS) is 10.6. The topological polar surface area (TPSA) is 67.0 Å². The molecular weight excluding hydrogens is 302 g/mol. The van der Waals surface area contributed by atoms with Crippen molar-refractivity contribution in [3.8, 4) is 5.75 Å². The number of pyridine rings is 1. The largest absolute Gasteiger partial charge is 0.492 e. The zero-order valence-electron chi connectivity index (χ0n) is 11.7. The van der Waals surface area contributed by atoms with E-state index >= 15 is 0 Å². The Morgan fingerprint density at radius 1 is 1.27 bits per heavy atom. The highest BCUT2D eigenvalue weighted by molar-refractivity contribution is 6.30. The van der Waals surface area contributed by atoms with Crippen molar-refractivity contribution in [3.63, 3.8) is 0 Å². The van der Waals surface area contributed by atoms with Crippen LogP contribution in [0.3, 0.4) is 0 Å². The van der Waals surface area contributed by atoms with Crippen LogP contribution >= 0.6 is 11.6 Å². The molecule has 3 aromatic rings. The second-order valence-corrected chi connectivity index (χ2v) is 5.10. The van der Waals surface area contributed by atoms with E-state index < -0.39 is 0 Å². The van der Waals surface area contributed by atoms with Crippen molar-refractivity contribution in [2.75, 3.05) is 13.2 Å². The maximum atomic E-state index is 12.1. The van der Waals surface area contributed by atoms with Gasteiger partial charge in [-0.25, -0.2) is 4.98 Å². The van der Waals surface area contributed by atoms with Gasteiger partial charge in [-0.15, -0.1) is 0 Å². The minimum Gasteiger partial charge on any atom is -0.492 e. The third-order valence-corrected chi connectivity index (χ3v) is 3.42. The summed E-state index contributed by atoms with van der Waals surface area (Å²) in [7, 11) is 0. The third-order valence-electron chi connectivity index (χ3n) is 3.17. The first-order chi connectivity index (χ1) is 10.7. The number of benzene rings is 1. The summed E-state index contributed by atoms with van der Waals surface area (Å²) >= 11 is 5.80. The lowest BCUT2D eigenvalue weighted by Gasteiger charge is -2.07. The number of ether oxygens (including phenoxy) is 1. The predicted molar refractivity (Wildman–Crippen MR) is 85.4 cm³/mol. The first-order valence-corrected chi connectivity index (χ1v) is 7.20. The minimum atomic E-state index is -0.154. The molecule has 0 bridgehead atoms. The van der Waals surface area contributed by atoms with E-state index in [2.05, 4.69) is 15.3 Å². The Balaban J connectivity index is 1.53. The molecular formula is C16H14ClN3O2. The first-order valence-electron chi connectivity index (χ1n) is 6.83. The van der Waals surface area contributed by atoms with Gasteiger partial charge in [0.05, 0.1) is 12.1 Å². The number of hydrogen-bond acceptors (Lipinski definition) is 3. The number of fused-ring (bicyclic) bond motifs is 1. The van der Waals surface area contributed by atoms with Gasteiger partial charge in [0.2, 0.25) is 0 Å². The van der Waals surface area contributed by atoms with Crippen molar-refractivity contribution in [2.24, 2.45) is 0 Å². The average Bonchev–Trinajstić information content (AvgIpc) is 2.97. The molecule has 0 aliphatic heterocycles. The summed E-state index contributed by atoms with van der Waals surface area (Å²) in [5.74, 6) is 0.564. The second kappa shape index (κ2) is 6.49. The van der Waals surface area contributed by atoms with Gasteiger partial charge in [-0.05, 0) is 36.4 Å². The number of carbonyl (C=O) groups excluding carboxylic acids is 1. The van der Waals surface area contributed by atoms with Gasteiger partial charge in [0.25, 0.3) is 5.91 Å².